The third-order valence-electron chi connectivity index (χ3n) is 3.02. The molecule has 2 heterocycles. The van der Waals surface area contributed by atoms with Crippen LogP contribution in [0.25, 0.3) is 0 Å². The average molecular weight is 244 g/mol. The second-order valence-corrected chi connectivity index (χ2v) is 4.89. The van der Waals surface area contributed by atoms with Gasteiger partial charge in [-0.15, -0.1) is 0 Å². The molecule has 1 amide bonds. The number of benzene rings is 1. The number of nitrogens with two attached hydrogens (primary N) is 1. The molecule has 0 saturated carbocycles. The predicted octanol–water partition coefficient (Wildman–Crippen LogP) is 2.53. The molecule has 0 aliphatic carbocycles. The molecule has 1 aromatic heterocycles. The molecule has 2 N–H and O–H groups in total. The smallest absolute Gasteiger partial charge is 0.259 e. The molecule has 0 radical (unpaired) electrons. The van der Waals surface area contributed by atoms with E-state index in [0.717, 1.165) is 24.2 Å². The maximum Gasteiger partial charge on any atom is 0.259 e. The zero-order valence-corrected chi connectivity index (χ0v) is 10.0. The van der Waals surface area contributed by atoms with E-state index >= 15 is 0 Å². The van der Waals surface area contributed by atoms with E-state index in [1.807, 2.05) is 39.9 Å². The van der Waals surface area contributed by atoms with Gasteiger partial charge < -0.3 is 10.6 Å². The lowest BCUT2D eigenvalue weighted by Crippen LogP contribution is -2.28. The lowest BCUT2D eigenvalue weighted by molar-refractivity contribution is 0.0990. The fraction of sp³-hybridized carbons (Fsp3) is 0.154. The summed E-state index contributed by atoms with van der Waals surface area (Å²) in [7, 11) is 0. The summed E-state index contributed by atoms with van der Waals surface area (Å²) >= 11 is 1.54. The van der Waals surface area contributed by atoms with Crippen LogP contribution in [0.15, 0.2) is 35.0 Å². The highest BCUT2D eigenvalue weighted by Crippen LogP contribution is 2.31. The summed E-state index contributed by atoms with van der Waals surface area (Å²) in [4.78, 5) is 14.1. The fourth-order valence-corrected chi connectivity index (χ4v) is 2.78. The molecule has 3 nitrogen and oxygen atoms in total. The maximum absolute atomic E-state index is 12.3. The molecule has 4 heteroatoms. The van der Waals surface area contributed by atoms with Crippen LogP contribution in [0.1, 0.15) is 15.9 Å². The second-order valence-electron chi connectivity index (χ2n) is 4.11. The molecule has 1 aliphatic heterocycles. The predicted molar refractivity (Wildman–Crippen MR) is 70.6 cm³/mol. The summed E-state index contributed by atoms with van der Waals surface area (Å²) in [6.07, 6.45) is 0.908. The van der Waals surface area contributed by atoms with E-state index in [4.69, 9.17) is 5.73 Å². The molecule has 0 atom stereocenters. The van der Waals surface area contributed by atoms with Crippen molar-refractivity contribution < 1.29 is 4.79 Å². The molecule has 0 unspecified atom stereocenters. The van der Waals surface area contributed by atoms with Gasteiger partial charge in [0.2, 0.25) is 0 Å². The number of hydrogen-bond donors (Lipinski definition) is 1. The van der Waals surface area contributed by atoms with Crippen LogP contribution in [0.4, 0.5) is 11.4 Å². The summed E-state index contributed by atoms with van der Waals surface area (Å²) in [5.41, 5.74) is 9.39. The van der Waals surface area contributed by atoms with E-state index in [9.17, 15) is 4.79 Å². The van der Waals surface area contributed by atoms with Gasteiger partial charge in [-0.2, -0.15) is 11.3 Å². The first-order valence-electron chi connectivity index (χ1n) is 5.48. The first-order valence-corrected chi connectivity index (χ1v) is 6.42. The van der Waals surface area contributed by atoms with Crippen LogP contribution in [-0.4, -0.2) is 12.5 Å². The lowest BCUT2D eigenvalue weighted by Gasteiger charge is -2.16. The molecule has 0 bridgehead atoms. The molecular weight excluding hydrogens is 232 g/mol. The van der Waals surface area contributed by atoms with E-state index in [1.165, 1.54) is 16.9 Å². The van der Waals surface area contributed by atoms with Crippen molar-refractivity contribution in [1.29, 1.82) is 0 Å². The molecule has 2 aromatic rings. The van der Waals surface area contributed by atoms with Gasteiger partial charge in [0.25, 0.3) is 5.91 Å². The Bertz CT molecular complexity index is 563. The molecule has 3 rings (SSSR count). The van der Waals surface area contributed by atoms with Gasteiger partial charge in [0.15, 0.2) is 0 Å². The van der Waals surface area contributed by atoms with E-state index in [-0.39, 0.29) is 5.91 Å². The second kappa shape index (κ2) is 3.89. The van der Waals surface area contributed by atoms with Gasteiger partial charge in [-0.05, 0) is 35.6 Å². The Morgan fingerprint density at radius 1 is 1.35 bits per heavy atom. The Balaban J connectivity index is 1.98. The number of amides is 1. The van der Waals surface area contributed by atoms with Gasteiger partial charge in [0, 0.05) is 23.3 Å². The van der Waals surface area contributed by atoms with Crippen molar-refractivity contribution in [1.82, 2.24) is 0 Å². The van der Waals surface area contributed by atoms with Crippen molar-refractivity contribution in [2.24, 2.45) is 0 Å². The lowest BCUT2D eigenvalue weighted by atomic mass is 10.1. The molecule has 86 valence electrons. The quantitative estimate of drug-likeness (QED) is 0.783. The number of anilines is 2. The first kappa shape index (κ1) is 10.4. The number of thiophene rings is 1. The Morgan fingerprint density at radius 3 is 3.00 bits per heavy atom. The van der Waals surface area contributed by atoms with Crippen molar-refractivity contribution >= 4 is 28.6 Å². The molecule has 0 saturated heterocycles. The number of fused-ring (bicyclic) bond motifs is 1. The van der Waals surface area contributed by atoms with Gasteiger partial charge in [0.1, 0.15) is 0 Å². The molecule has 1 aliphatic rings. The monoisotopic (exact) mass is 244 g/mol. The van der Waals surface area contributed by atoms with Crippen molar-refractivity contribution in [2.45, 2.75) is 6.42 Å². The van der Waals surface area contributed by atoms with Crippen molar-refractivity contribution in [2.75, 3.05) is 17.2 Å². The molecule has 0 fully saturated rings. The van der Waals surface area contributed by atoms with E-state index in [0.29, 0.717) is 5.69 Å². The van der Waals surface area contributed by atoms with Crippen LogP contribution in [-0.2, 0) is 6.42 Å². The van der Waals surface area contributed by atoms with Gasteiger partial charge in [-0.3, -0.25) is 4.79 Å². The van der Waals surface area contributed by atoms with Crippen molar-refractivity contribution in [3.8, 4) is 0 Å². The number of nitrogens with zero attached hydrogens (tertiary/aromatic N) is 1. The van der Waals surface area contributed by atoms with Gasteiger partial charge in [0.05, 0.1) is 5.56 Å². The van der Waals surface area contributed by atoms with Gasteiger partial charge >= 0.3 is 0 Å². The van der Waals surface area contributed by atoms with E-state index in [1.54, 1.807) is 0 Å². The third kappa shape index (κ3) is 1.70. The summed E-state index contributed by atoms with van der Waals surface area (Å²) in [6, 6.07) is 7.63. The largest absolute Gasteiger partial charge is 0.399 e. The number of hydrogen-bond acceptors (Lipinski definition) is 3. The highest BCUT2D eigenvalue weighted by Gasteiger charge is 2.25. The zero-order valence-electron chi connectivity index (χ0n) is 9.22. The van der Waals surface area contributed by atoms with Crippen LogP contribution < -0.4 is 10.6 Å². The Labute approximate surface area is 103 Å². The summed E-state index contributed by atoms with van der Waals surface area (Å²) in [5.74, 6) is 0.0654. The minimum absolute atomic E-state index is 0.0654. The van der Waals surface area contributed by atoms with Gasteiger partial charge in [-0.1, -0.05) is 6.07 Å². The standard InChI is InChI=1S/C13H12N2OS/c14-11-2-1-9-3-5-15(12(9)7-11)13(16)10-4-6-17-8-10/h1-2,4,6-8H,3,5,14H2. The van der Waals surface area contributed by atoms with Crippen LogP contribution in [0.5, 0.6) is 0 Å². The average Bonchev–Trinajstić information content (AvgIpc) is 2.97. The minimum atomic E-state index is 0.0654. The zero-order chi connectivity index (χ0) is 11.8. The van der Waals surface area contributed by atoms with Gasteiger partial charge in [-0.25, -0.2) is 0 Å². The highest BCUT2D eigenvalue weighted by atomic mass is 32.1. The van der Waals surface area contributed by atoms with Crippen LogP contribution in [0, 0.1) is 0 Å². The summed E-state index contributed by atoms with van der Waals surface area (Å²) in [5, 5.41) is 3.80. The summed E-state index contributed by atoms with van der Waals surface area (Å²) in [6.45, 7) is 0.744. The van der Waals surface area contributed by atoms with Crippen LogP contribution >= 0.6 is 11.3 Å². The van der Waals surface area contributed by atoms with Crippen molar-refractivity contribution in [3.63, 3.8) is 0 Å². The number of carbonyl (C=O) groups excluding carboxylic acids is 1. The number of nitrogen functional groups attached to an aromatic ring is 1. The SMILES string of the molecule is Nc1ccc2c(c1)N(C(=O)c1ccsc1)CC2. The van der Waals surface area contributed by atoms with E-state index in [2.05, 4.69) is 0 Å². The third-order valence-corrected chi connectivity index (χ3v) is 3.70. The molecular formula is C13H12N2OS. The van der Waals surface area contributed by atoms with Crippen LogP contribution in [0.3, 0.4) is 0 Å². The molecule has 1 aromatic carbocycles. The maximum atomic E-state index is 12.3. The fourth-order valence-electron chi connectivity index (χ4n) is 2.15. The summed E-state index contributed by atoms with van der Waals surface area (Å²) < 4.78 is 0. The highest BCUT2D eigenvalue weighted by molar-refractivity contribution is 7.08. The Hall–Kier alpha value is -1.81. The first-order chi connectivity index (χ1) is 8.25. The molecule has 0 spiro atoms. The number of carbonyl (C=O) groups is 1. The van der Waals surface area contributed by atoms with E-state index < -0.39 is 0 Å². The molecule has 17 heavy (non-hydrogen) atoms. The Morgan fingerprint density at radius 2 is 2.24 bits per heavy atom. The Kier molecular flexibility index (Phi) is 2.37. The minimum Gasteiger partial charge on any atom is -0.399 e. The van der Waals surface area contributed by atoms with Crippen LogP contribution in [0.2, 0.25) is 0 Å². The van der Waals surface area contributed by atoms with Crippen molar-refractivity contribution in [3.05, 3.63) is 46.2 Å². The topological polar surface area (TPSA) is 46.3 Å². The number of rotatable bonds is 1. The normalized spacial score (nSPS) is 13.8.